The topological polar surface area (TPSA) is 66.5 Å². The molecule has 0 saturated heterocycles. The number of carbonyl (C=O) groups is 1. The summed E-state index contributed by atoms with van der Waals surface area (Å²) in [5.74, 6) is -0.387. The van der Waals surface area contributed by atoms with Crippen molar-refractivity contribution in [1.82, 2.24) is 0 Å². The molecule has 1 atom stereocenters. The average molecular weight is 458 g/mol. The number of hydrogen-bond donors (Lipinski definition) is 1. The molecule has 1 amide bonds. The summed E-state index contributed by atoms with van der Waals surface area (Å²) in [5, 5.41) is 2.75. The van der Waals surface area contributed by atoms with E-state index in [4.69, 9.17) is 0 Å². The van der Waals surface area contributed by atoms with E-state index in [0.29, 0.717) is 11.4 Å². The highest BCUT2D eigenvalue weighted by Crippen LogP contribution is 2.22. The second-order valence-electron chi connectivity index (χ2n) is 5.57. The number of nitrogens with one attached hydrogen (secondary N) is 1. The molecule has 7 heteroatoms. The van der Waals surface area contributed by atoms with Gasteiger partial charge in [-0.05, 0) is 72.8 Å². The summed E-state index contributed by atoms with van der Waals surface area (Å²) in [6.07, 6.45) is 1.10. The van der Waals surface area contributed by atoms with Crippen molar-refractivity contribution in [2.45, 2.75) is 19.9 Å². The molecule has 0 spiro atoms. The van der Waals surface area contributed by atoms with Gasteiger partial charge in [0.15, 0.2) is 0 Å². The highest BCUT2D eigenvalue weighted by Gasteiger charge is 2.29. The molecular formula is C17H19IN2O3S. The van der Waals surface area contributed by atoms with Crippen LogP contribution in [0.2, 0.25) is 0 Å². The Kier molecular flexibility index (Phi) is 5.87. The fraction of sp³-hybridized carbons (Fsp3) is 0.235. The van der Waals surface area contributed by atoms with Crippen LogP contribution in [-0.4, -0.2) is 26.6 Å². The minimum Gasteiger partial charge on any atom is -0.324 e. The molecule has 5 nitrogen and oxygen atoms in total. The summed E-state index contributed by atoms with van der Waals surface area (Å²) in [5.41, 5.74) is 2.11. The van der Waals surface area contributed by atoms with Crippen molar-refractivity contribution in [3.05, 3.63) is 57.7 Å². The lowest BCUT2D eigenvalue weighted by Gasteiger charge is -2.28. The minimum atomic E-state index is -3.60. The summed E-state index contributed by atoms with van der Waals surface area (Å²) >= 11 is 2.17. The highest BCUT2D eigenvalue weighted by atomic mass is 127. The molecule has 24 heavy (non-hydrogen) atoms. The normalized spacial score (nSPS) is 12.5. The zero-order chi connectivity index (χ0) is 17.9. The Labute approximate surface area is 156 Å². The van der Waals surface area contributed by atoms with Gasteiger partial charge in [-0.1, -0.05) is 17.7 Å². The Balaban J connectivity index is 2.27. The number of benzene rings is 2. The first-order chi connectivity index (χ1) is 11.2. The zero-order valence-corrected chi connectivity index (χ0v) is 16.6. The highest BCUT2D eigenvalue weighted by molar-refractivity contribution is 14.1. The minimum absolute atomic E-state index is 0.387. The summed E-state index contributed by atoms with van der Waals surface area (Å²) in [6, 6.07) is 13.5. The molecular weight excluding hydrogens is 439 g/mol. The lowest BCUT2D eigenvalue weighted by atomic mass is 10.2. The molecule has 0 bridgehead atoms. The predicted molar refractivity (Wildman–Crippen MR) is 106 cm³/mol. The van der Waals surface area contributed by atoms with Crippen LogP contribution in [-0.2, 0) is 14.8 Å². The predicted octanol–water partition coefficient (Wildman–Crippen LogP) is 3.39. The van der Waals surface area contributed by atoms with E-state index in [-0.39, 0.29) is 5.91 Å². The lowest BCUT2D eigenvalue weighted by Crippen LogP contribution is -2.45. The third-order valence-corrected chi connectivity index (χ3v) is 5.45. The zero-order valence-electron chi connectivity index (χ0n) is 13.7. The second-order valence-corrected chi connectivity index (χ2v) is 8.67. The van der Waals surface area contributed by atoms with E-state index in [2.05, 4.69) is 27.9 Å². The molecule has 0 saturated carbocycles. The number of sulfonamides is 1. The van der Waals surface area contributed by atoms with Crippen LogP contribution in [0.25, 0.3) is 0 Å². The number of anilines is 2. The summed E-state index contributed by atoms with van der Waals surface area (Å²) in [4.78, 5) is 12.5. The molecule has 0 aliphatic carbocycles. The number of hydrogen-bond acceptors (Lipinski definition) is 3. The van der Waals surface area contributed by atoms with E-state index in [9.17, 15) is 13.2 Å². The Hall–Kier alpha value is -1.61. The van der Waals surface area contributed by atoms with Gasteiger partial charge in [0.25, 0.3) is 0 Å². The molecule has 2 rings (SSSR count). The van der Waals surface area contributed by atoms with Crippen LogP contribution in [0, 0.1) is 10.5 Å². The van der Waals surface area contributed by atoms with E-state index >= 15 is 0 Å². The van der Waals surface area contributed by atoms with Gasteiger partial charge in [0.1, 0.15) is 6.04 Å². The second kappa shape index (κ2) is 7.52. The van der Waals surface area contributed by atoms with Gasteiger partial charge < -0.3 is 5.32 Å². The van der Waals surface area contributed by atoms with Crippen LogP contribution in [0.1, 0.15) is 12.5 Å². The maximum atomic E-state index is 12.5. The molecule has 0 unspecified atom stereocenters. The van der Waals surface area contributed by atoms with Gasteiger partial charge in [-0.2, -0.15) is 0 Å². The molecule has 0 radical (unpaired) electrons. The fourth-order valence-electron chi connectivity index (χ4n) is 2.28. The first-order valence-electron chi connectivity index (χ1n) is 7.31. The van der Waals surface area contributed by atoms with E-state index in [1.54, 1.807) is 31.2 Å². The van der Waals surface area contributed by atoms with Crippen LogP contribution in [0.15, 0.2) is 48.5 Å². The third kappa shape index (κ3) is 4.70. The van der Waals surface area contributed by atoms with Crippen molar-refractivity contribution in [1.29, 1.82) is 0 Å². The van der Waals surface area contributed by atoms with Gasteiger partial charge in [0.2, 0.25) is 15.9 Å². The van der Waals surface area contributed by atoms with Crippen molar-refractivity contribution in [3.63, 3.8) is 0 Å². The molecule has 2 aromatic carbocycles. The molecule has 0 fully saturated rings. The first kappa shape index (κ1) is 18.7. The molecule has 128 valence electrons. The van der Waals surface area contributed by atoms with Crippen molar-refractivity contribution < 1.29 is 13.2 Å². The summed E-state index contributed by atoms with van der Waals surface area (Å²) in [7, 11) is -3.60. The van der Waals surface area contributed by atoms with E-state index < -0.39 is 16.1 Å². The molecule has 0 heterocycles. The lowest BCUT2D eigenvalue weighted by molar-refractivity contribution is -0.116. The maximum absolute atomic E-state index is 12.5. The van der Waals surface area contributed by atoms with Gasteiger partial charge in [0, 0.05) is 9.26 Å². The Morgan fingerprint density at radius 1 is 1.08 bits per heavy atom. The number of rotatable bonds is 5. The smallest absolute Gasteiger partial charge is 0.247 e. The number of aryl methyl sites for hydroxylation is 1. The fourth-order valence-corrected chi connectivity index (χ4v) is 3.81. The van der Waals surface area contributed by atoms with Crippen LogP contribution < -0.4 is 9.62 Å². The maximum Gasteiger partial charge on any atom is 0.247 e. The van der Waals surface area contributed by atoms with Crippen LogP contribution in [0.5, 0.6) is 0 Å². The van der Waals surface area contributed by atoms with Gasteiger partial charge in [-0.3, -0.25) is 9.10 Å². The van der Waals surface area contributed by atoms with E-state index in [1.807, 2.05) is 31.2 Å². The number of amides is 1. The van der Waals surface area contributed by atoms with E-state index in [1.165, 1.54) is 0 Å². The van der Waals surface area contributed by atoms with Gasteiger partial charge in [0.05, 0.1) is 11.9 Å². The quantitative estimate of drug-likeness (QED) is 0.699. The molecule has 0 aliphatic heterocycles. The molecule has 2 aromatic rings. The van der Waals surface area contributed by atoms with Gasteiger partial charge >= 0.3 is 0 Å². The standard InChI is InChI=1S/C17H19IN2O3S/c1-12-4-10-16(11-5-12)20(24(3,22)23)13(2)17(21)19-15-8-6-14(18)7-9-15/h4-11,13H,1-3H3,(H,19,21)/t13-/m1/s1. The molecule has 0 aromatic heterocycles. The van der Waals surface area contributed by atoms with E-state index in [0.717, 1.165) is 19.7 Å². The van der Waals surface area contributed by atoms with Crippen LogP contribution in [0.4, 0.5) is 11.4 Å². The number of carbonyl (C=O) groups excluding carboxylic acids is 1. The molecule has 0 aliphatic rings. The van der Waals surface area contributed by atoms with Crippen molar-refractivity contribution in [2.24, 2.45) is 0 Å². The number of halogens is 1. The van der Waals surface area contributed by atoms with Crippen molar-refractivity contribution >= 4 is 49.9 Å². The Morgan fingerprint density at radius 3 is 2.12 bits per heavy atom. The van der Waals surface area contributed by atoms with Gasteiger partial charge in [-0.25, -0.2) is 8.42 Å². The van der Waals surface area contributed by atoms with Crippen LogP contribution >= 0.6 is 22.6 Å². The monoisotopic (exact) mass is 458 g/mol. The summed E-state index contributed by atoms with van der Waals surface area (Å²) in [6.45, 7) is 3.49. The average Bonchev–Trinajstić information content (AvgIpc) is 2.50. The van der Waals surface area contributed by atoms with Crippen molar-refractivity contribution in [2.75, 3.05) is 15.9 Å². The molecule has 1 N–H and O–H groups in total. The summed E-state index contributed by atoms with van der Waals surface area (Å²) < 4.78 is 26.6. The van der Waals surface area contributed by atoms with Gasteiger partial charge in [-0.15, -0.1) is 0 Å². The van der Waals surface area contributed by atoms with Crippen LogP contribution in [0.3, 0.4) is 0 Å². The third-order valence-electron chi connectivity index (χ3n) is 3.49. The van der Waals surface area contributed by atoms with Crippen molar-refractivity contribution in [3.8, 4) is 0 Å². The Bertz CT molecular complexity index is 818. The number of nitrogens with zero attached hydrogens (tertiary/aromatic N) is 1. The first-order valence-corrected chi connectivity index (χ1v) is 10.2. The SMILES string of the molecule is Cc1ccc(N([C@H](C)C(=O)Nc2ccc(I)cc2)S(C)(=O)=O)cc1. The largest absolute Gasteiger partial charge is 0.324 e. The Morgan fingerprint density at radius 2 is 1.62 bits per heavy atom.